The highest BCUT2D eigenvalue weighted by Gasteiger charge is 2.05. The van der Waals surface area contributed by atoms with Gasteiger partial charge in [-0.2, -0.15) is 0 Å². The van der Waals surface area contributed by atoms with Crippen molar-refractivity contribution in [1.29, 1.82) is 0 Å². The number of methoxy groups -OCH3 is 2. The third kappa shape index (κ3) is 5.35. The molecule has 2 rings (SSSR count). The fraction of sp³-hybridized carbons (Fsp3) is 0.278. The highest BCUT2D eigenvalue weighted by Crippen LogP contribution is 2.29. The second-order valence-corrected chi connectivity index (χ2v) is 5.63. The highest BCUT2D eigenvalue weighted by atomic mass is 35.5. The highest BCUT2D eigenvalue weighted by molar-refractivity contribution is 6.30. The molecule has 0 bridgehead atoms. The third-order valence-electron chi connectivity index (χ3n) is 3.47. The van der Waals surface area contributed by atoms with E-state index in [0.717, 1.165) is 23.6 Å². The summed E-state index contributed by atoms with van der Waals surface area (Å²) >= 11 is 5.87. The van der Waals surface area contributed by atoms with Gasteiger partial charge in [-0.3, -0.25) is 4.99 Å². The maximum atomic E-state index is 5.92. The predicted octanol–water partition coefficient (Wildman–Crippen LogP) is 3.72. The van der Waals surface area contributed by atoms with Crippen LogP contribution in [0.15, 0.2) is 47.5 Å². The fourth-order valence-electron chi connectivity index (χ4n) is 2.24. The van der Waals surface area contributed by atoms with E-state index >= 15 is 0 Å². The van der Waals surface area contributed by atoms with Gasteiger partial charge in [-0.05, 0) is 42.7 Å². The van der Waals surface area contributed by atoms with Gasteiger partial charge in [0.15, 0.2) is 17.5 Å². The first kappa shape index (κ1) is 17.9. The van der Waals surface area contributed by atoms with E-state index in [9.17, 15) is 0 Å². The van der Waals surface area contributed by atoms with Crippen molar-refractivity contribution in [2.45, 2.75) is 12.8 Å². The lowest BCUT2D eigenvalue weighted by molar-refractivity contribution is 0.355. The van der Waals surface area contributed by atoms with Crippen LogP contribution in [0.2, 0.25) is 5.02 Å². The molecule has 0 aliphatic heterocycles. The van der Waals surface area contributed by atoms with E-state index < -0.39 is 0 Å². The Morgan fingerprint density at radius 1 is 1.08 bits per heavy atom. The zero-order valence-corrected chi connectivity index (χ0v) is 14.6. The molecule has 0 heterocycles. The van der Waals surface area contributed by atoms with Gasteiger partial charge in [0.25, 0.3) is 0 Å². The Morgan fingerprint density at radius 2 is 1.79 bits per heavy atom. The van der Waals surface area contributed by atoms with Crippen LogP contribution in [0.25, 0.3) is 0 Å². The summed E-state index contributed by atoms with van der Waals surface area (Å²) in [7, 11) is 3.19. The smallest absolute Gasteiger partial charge is 0.193 e. The zero-order valence-electron chi connectivity index (χ0n) is 13.9. The number of nitrogens with two attached hydrogens (primary N) is 1. The standard InChI is InChI=1S/C18H22ClN3O2/c1-23-16-10-9-15(12-17(16)24-2)22-18(20)21-11-3-4-13-5-7-14(19)8-6-13/h5-10,12H,3-4,11H2,1-2H3,(H3,20,21,22). The van der Waals surface area contributed by atoms with Crippen LogP contribution in [0, 0.1) is 0 Å². The van der Waals surface area contributed by atoms with E-state index in [-0.39, 0.29) is 0 Å². The number of aliphatic imine (C=N–C) groups is 1. The molecule has 0 saturated heterocycles. The molecule has 0 amide bonds. The van der Waals surface area contributed by atoms with Crippen molar-refractivity contribution < 1.29 is 9.47 Å². The van der Waals surface area contributed by atoms with Crippen molar-refractivity contribution in [1.82, 2.24) is 0 Å². The minimum absolute atomic E-state index is 0.373. The van der Waals surface area contributed by atoms with E-state index in [1.807, 2.05) is 42.5 Å². The first-order valence-corrected chi connectivity index (χ1v) is 8.03. The largest absolute Gasteiger partial charge is 0.493 e. The van der Waals surface area contributed by atoms with Crippen LogP contribution in [0.5, 0.6) is 11.5 Å². The molecule has 0 aromatic heterocycles. The molecule has 0 saturated carbocycles. The second kappa shape index (κ2) is 9.03. The lowest BCUT2D eigenvalue weighted by Crippen LogP contribution is -2.22. The van der Waals surface area contributed by atoms with Crippen molar-refractivity contribution >= 4 is 23.2 Å². The molecule has 0 aliphatic rings. The zero-order chi connectivity index (χ0) is 17.4. The van der Waals surface area contributed by atoms with Gasteiger partial charge < -0.3 is 20.5 Å². The van der Waals surface area contributed by atoms with E-state index in [0.29, 0.717) is 24.0 Å². The molecule has 0 aliphatic carbocycles. The average molecular weight is 348 g/mol. The summed E-state index contributed by atoms with van der Waals surface area (Å²) in [4.78, 5) is 4.34. The normalized spacial score (nSPS) is 11.2. The Kier molecular flexibility index (Phi) is 6.75. The number of hydrogen-bond donors (Lipinski definition) is 2. The Labute approximate surface area is 147 Å². The van der Waals surface area contributed by atoms with Crippen molar-refractivity contribution in [2.24, 2.45) is 10.7 Å². The van der Waals surface area contributed by atoms with Gasteiger partial charge in [-0.25, -0.2) is 0 Å². The van der Waals surface area contributed by atoms with Gasteiger partial charge in [-0.1, -0.05) is 23.7 Å². The van der Waals surface area contributed by atoms with Gasteiger partial charge in [0.2, 0.25) is 0 Å². The number of halogens is 1. The SMILES string of the molecule is COc1ccc(NC(N)=NCCCc2ccc(Cl)cc2)cc1OC. The molecule has 3 N–H and O–H groups in total. The van der Waals surface area contributed by atoms with E-state index in [1.54, 1.807) is 14.2 Å². The van der Waals surface area contributed by atoms with Gasteiger partial charge in [0.05, 0.1) is 14.2 Å². The Bertz CT molecular complexity index is 687. The summed E-state index contributed by atoms with van der Waals surface area (Å²) in [6.07, 6.45) is 1.85. The summed E-state index contributed by atoms with van der Waals surface area (Å²) in [5.74, 6) is 1.68. The summed E-state index contributed by atoms with van der Waals surface area (Å²) in [5, 5.41) is 3.80. The van der Waals surface area contributed by atoms with Crippen LogP contribution >= 0.6 is 11.6 Å². The van der Waals surface area contributed by atoms with Crippen molar-refractivity contribution in [3.8, 4) is 11.5 Å². The molecule has 2 aromatic carbocycles. The maximum absolute atomic E-state index is 5.92. The van der Waals surface area contributed by atoms with Crippen molar-refractivity contribution in [3.63, 3.8) is 0 Å². The van der Waals surface area contributed by atoms with Crippen LogP contribution in [-0.2, 0) is 6.42 Å². The second-order valence-electron chi connectivity index (χ2n) is 5.19. The van der Waals surface area contributed by atoms with Crippen LogP contribution in [0.1, 0.15) is 12.0 Å². The minimum atomic E-state index is 0.373. The molecule has 2 aromatic rings. The van der Waals surface area contributed by atoms with Gasteiger partial charge in [0, 0.05) is 23.3 Å². The van der Waals surface area contributed by atoms with E-state index in [2.05, 4.69) is 10.3 Å². The Hall–Kier alpha value is -2.40. The topological polar surface area (TPSA) is 68.9 Å². The van der Waals surface area contributed by atoms with Crippen LogP contribution in [-0.4, -0.2) is 26.7 Å². The Morgan fingerprint density at radius 3 is 2.46 bits per heavy atom. The van der Waals surface area contributed by atoms with Gasteiger partial charge >= 0.3 is 0 Å². The molecule has 6 heteroatoms. The van der Waals surface area contributed by atoms with Crippen molar-refractivity contribution in [2.75, 3.05) is 26.1 Å². The maximum Gasteiger partial charge on any atom is 0.193 e. The number of nitrogens with one attached hydrogen (secondary N) is 1. The molecule has 0 spiro atoms. The number of guanidine groups is 1. The molecule has 5 nitrogen and oxygen atoms in total. The monoisotopic (exact) mass is 347 g/mol. The third-order valence-corrected chi connectivity index (χ3v) is 3.73. The number of hydrogen-bond acceptors (Lipinski definition) is 3. The number of aryl methyl sites for hydroxylation is 1. The first-order chi connectivity index (χ1) is 11.6. The lowest BCUT2D eigenvalue weighted by Gasteiger charge is -2.11. The summed E-state index contributed by atoms with van der Waals surface area (Å²) in [6.45, 7) is 0.648. The Balaban J connectivity index is 1.84. The van der Waals surface area contributed by atoms with Gasteiger partial charge in [0.1, 0.15) is 0 Å². The number of anilines is 1. The summed E-state index contributed by atoms with van der Waals surface area (Å²) < 4.78 is 10.5. The van der Waals surface area contributed by atoms with Crippen LogP contribution in [0.4, 0.5) is 5.69 Å². The van der Waals surface area contributed by atoms with Gasteiger partial charge in [-0.15, -0.1) is 0 Å². The lowest BCUT2D eigenvalue weighted by atomic mass is 10.1. The van der Waals surface area contributed by atoms with Crippen LogP contribution in [0.3, 0.4) is 0 Å². The molecule has 0 fully saturated rings. The number of ether oxygens (including phenoxy) is 2. The van der Waals surface area contributed by atoms with E-state index in [4.69, 9.17) is 26.8 Å². The molecular weight excluding hydrogens is 326 g/mol. The number of nitrogens with zero attached hydrogens (tertiary/aromatic N) is 1. The van der Waals surface area contributed by atoms with Crippen molar-refractivity contribution in [3.05, 3.63) is 53.1 Å². The quantitative estimate of drug-likeness (QED) is 0.455. The molecule has 0 atom stereocenters. The molecule has 128 valence electrons. The average Bonchev–Trinajstić information content (AvgIpc) is 2.60. The molecule has 0 radical (unpaired) electrons. The number of benzene rings is 2. The molecule has 0 unspecified atom stereocenters. The fourth-order valence-corrected chi connectivity index (χ4v) is 2.36. The summed E-state index contributed by atoms with van der Waals surface area (Å²) in [6, 6.07) is 13.3. The van der Waals surface area contributed by atoms with E-state index in [1.165, 1.54) is 5.56 Å². The van der Waals surface area contributed by atoms with Crippen LogP contribution < -0.4 is 20.5 Å². The molecule has 24 heavy (non-hydrogen) atoms. The predicted molar refractivity (Wildman–Crippen MR) is 99.4 cm³/mol. The number of rotatable bonds is 7. The first-order valence-electron chi connectivity index (χ1n) is 7.66. The summed E-state index contributed by atoms with van der Waals surface area (Å²) in [5.41, 5.74) is 7.95. The minimum Gasteiger partial charge on any atom is -0.493 e. The molecular formula is C18H22ClN3O2.